The average molecular weight is 375 g/mol. The smallest absolute Gasteiger partial charge is 0.125 e. The van der Waals surface area contributed by atoms with Gasteiger partial charge in [-0.2, -0.15) is 0 Å². The van der Waals surface area contributed by atoms with E-state index in [0.29, 0.717) is 11.6 Å². The maximum atomic E-state index is 5.97. The molecule has 0 heterocycles. The minimum Gasteiger partial charge on any atom is -0.496 e. The number of hydrogen-bond acceptors (Lipinski definition) is 2. The third kappa shape index (κ3) is 3.53. The van der Waals surface area contributed by atoms with Gasteiger partial charge in [-0.15, -0.1) is 0 Å². The molecule has 0 spiro atoms. The van der Waals surface area contributed by atoms with Crippen molar-refractivity contribution < 1.29 is 9.47 Å². The van der Waals surface area contributed by atoms with Crippen LogP contribution < -0.4 is 9.47 Å². The van der Waals surface area contributed by atoms with Gasteiger partial charge in [0.05, 0.1) is 7.11 Å². The number of ether oxygens (including phenoxy) is 2. The molecule has 2 nitrogen and oxygen atoms in total. The molecule has 0 aromatic heterocycles. The first-order chi connectivity index (χ1) is 8.69. The van der Waals surface area contributed by atoms with Crippen LogP contribution in [-0.4, -0.2) is 7.11 Å². The van der Waals surface area contributed by atoms with Gasteiger partial charge in [0.15, 0.2) is 0 Å². The Morgan fingerprint density at radius 1 is 1.17 bits per heavy atom. The molecule has 0 fully saturated rings. The van der Waals surface area contributed by atoms with Crippen LogP contribution in [0.1, 0.15) is 5.56 Å². The first-order valence-electron chi connectivity index (χ1n) is 5.40. The highest BCUT2D eigenvalue weighted by Gasteiger charge is 2.05. The Morgan fingerprint density at radius 3 is 2.72 bits per heavy atom. The Balaban J connectivity index is 2.12. The molecule has 0 saturated heterocycles. The summed E-state index contributed by atoms with van der Waals surface area (Å²) in [4.78, 5) is 0. The van der Waals surface area contributed by atoms with E-state index in [1.54, 1.807) is 13.2 Å². The van der Waals surface area contributed by atoms with Crippen LogP contribution >= 0.6 is 34.2 Å². The van der Waals surface area contributed by atoms with Gasteiger partial charge in [0.25, 0.3) is 0 Å². The molecule has 0 unspecified atom stereocenters. The molecule has 0 atom stereocenters. The molecule has 0 saturated carbocycles. The summed E-state index contributed by atoms with van der Waals surface area (Å²) in [5.41, 5.74) is 0.934. The van der Waals surface area contributed by atoms with Crippen molar-refractivity contribution in [1.29, 1.82) is 0 Å². The highest BCUT2D eigenvalue weighted by molar-refractivity contribution is 14.1. The van der Waals surface area contributed by atoms with Crippen LogP contribution in [0.5, 0.6) is 11.5 Å². The SMILES string of the molecule is COc1ccc(Cl)cc1COc1cccc(I)c1. The summed E-state index contributed by atoms with van der Waals surface area (Å²) < 4.78 is 12.1. The molecular formula is C14H12ClIO2. The molecule has 2 rings (SSSR count). The molecule has 0 aliphatic heterocycles. The topological polar surface area (TPSA) is 18.5 Å². The first-order valence-corrected chi connectivity index (χ1v) is 6.85. The van der Waals surface area contributed by atoms with E-state index in [1.807, 2.05) is 36.4 Å². The standard InChI is InChI=1S/C14H12ClIO2/c1-17-14-6-5-11(15)7-10(14)9-18-13-4-2-3-12(16)8-13/h2-8H,9H2,1H3. The molecule has 2 aromatic rings. The lowest BCUT2D eigenvalue weighted by Gasteiger charge is -2.10. The zero-order chi connectivity index (χ0) is 13.0. The predicted octanol–water partition coefficient (Wildman–Crippen LogP) is 4.53. The van der Waals surface area contributed by atoms with Crippen LogP contribution in [0, 0.1) is 3.57 Å². The molecule has 0 aliphatic carbocycles. The Kier molecular flexibility index (Phi) is 4.72. The Bertz CT molecular complexity index is 543. The lowest BCUT2D eigenvalue weighted by Crippen LogP contribution is -1.98. The van der Waals surface area contributed by atoms with E-state index < -0.39 is 0 Å². The number of halogens is 2. The summed E-state index contributed by atoms with van der Waals surface area (Å²) in [5.74, 6) is 1.62. The zero-order valence-corrected chi connectivity index (χ0v) is 12.7. The van der Waals surface area contributed by atoms with Gasteiger partial charge in [-0.25, -0.2) is 0 Å². The highest BCUT2D eigenvalue weighted by atomic mass is 127. The van der Waals surface area contributed by atoms with Gasteiger partial charge in [0, 0.05) is 14.2 Å². The highest BCUT2D eigenvalue weighted by Crippen LogP contribution is 2.24. The van der Waals surface area contributed by atoms with Crippen LogP contribution in [0.4, 0.5) is 0 Å². The van der Waals surface area contributed by atoms with E-state index in [9.17, 15) is 0 Å². The van der Waals surface area contributed by atoms with E-state index >= 15 is 0 Å². The molecule has 18 heavy (non-hydrogen) atoms. The van der Waals surface area contributed by atoms with E-state index in [-0.39, 0.29) is 0 Å². The molecule has 0 radical (unpaired) electrons. The van der Waals surface area contributed by atoms with Crippen molar-refractivity contribution in [3.05, 3.63) is 56.6 Å². The molecule has 2 aromatic carbocycles. The van der Waals surface area contributed by atoms with Gasteiger partial charge in [-0.3, -0.25) is 0 Å². The fourth-order valence-electron chi connectivity index (χ4n) is 1.58. The summed E-state index contributed by atoms with van der Waals surface area (Å²) in [7, 11) is 1.64. The zero-order valence-electron chi connectivity index (χ0n) is 9.82. The van der Waals surface area contributed by atoms with Crippen LogP contribution in [0.2, 0.25) is 5.02 Å². The quantitative estimate of drug-likeness (QED) is 0.732. The fourth-order valence-corrected chi connectivity index (χ4v) is 2.29. The van der Waals surface area contributed by atoms with Gasteiger partial charge in [0.1, 0.15) is 18.1 Å². The monoisotopic (exact) mass is 374 g/mol. The molecule has 4 heteroatoms. The van der Waals surface area contributed by atoms with Crippen molar-refractivity contribution in [3.8, 4) is 11.5 Å². The van der Waals surface area contributed by atoms with Crippen molar-refractivity contribution in [3.63, 3.8) is 0 Å². The summed E-state index contributed by atoms with van der Waals surface area (Å²) in [6.45, 7) is 0.434. The number of methoxy groups -OCH3 is 1. The van der Waals surface area contributed by atoms with Crippen molar-refractivity contribution >= 4 is 34.2 Å². The van der Waals surface area contributed by atoms with Gasteiger partial charge in [-0.1, -0.05) is 17.7 Å². The second kappa shape index (κ2) is 6.29. The van der Waals surface area contributed by atoms with E-state index in [2.05, 4.69) is 22.6 Å². The number of rotatable bonds is 4. The summed E-state index contributed by atoms with van der Waals surface area (Å²) in [6, 6.07) is 13.4. The molecule has 0 N–H and O–H groups in total. The predicted molar refractivity (Wildman–Crippen MR) is 81.5 cm³/mol. The van der Waals surface area contributed by atoms with Crippen molar-refractivity contribution in [1.82, 2.24) is 0 Å². The van der Waals surface area contributed by atoms with Crippen LogP contribution in [0.3, 0.4) is 0 Å². The van der Waals surface area contributed by atoms with Crippen LogP contribution in [0.15, 0.2) is 42.5 Å². The summed E-state index contributed by atoms with van der Waals surface area (Å²) >= 11 is 8.22. The third-order valence-electron chi connectivity index (χ3n) is 2.43. The third-order valence-corrected chi connectivity index (χ3v) is 3.34. The van der Waals surface area contributed by atoms with Gasteiger partial charge < -0.3 is 9.47 Å². The Hall–Kier alpha value is -0.940. The number of hydrogen-bond donors (Lipinski definition) is 0. The maximum absolute atomic E-state index is 5.97. The van der Waals surface area contributed by atoms with Crippen molar-refractivity contribution in [2.24, 2.45) is 0 Å². The van der Waals surface area contributed by atoms with Gasteiger partial charge in [-0.05, 0) is 59.0 Å². The Morgan fingerprint density at radius 2 is 2.00 bits per heavy atom. The lowest BCUT2D eigenvalue weighted by atomic mass is 10.2. The van der Waals surface area contributed by atoms with Crippen molar-refractivity contribution in [2.45, 2.75) is 6.61 Å². The molecule has 94 valence electrons. The van der Waals surface area contributed by atoms with E-state index in [1.165, 1.54) is 0 Å². The Labute approximate surface area is 125 Å². The van der Waals surface area contributed by atoms with Crippen LogP contribution in [-0.2, 0) is 6.61 Å². The minimum absolute atomic E-state index is 0.434. The molecule has 0 amide bonds. The average Bonchev–Trinajstić information content (AvgIpc) is 2.37. The second-order valence-electron chi connectivity index (χ2n) is 3.70. The van der Waals surface area contributed by atoms with Gasteiger partial charge >= 0.3 is 0 Å². The minimum atomic E-state index is 0.434. The summed E-state index contributed by atoms with van der Waals surface area (Å²) in [6.07, 6.45) is 0. The number of benzene rings is 2. The van der Waals surface area contributed by atoms with E-state index in [0.717, 1.165) is 20.6 Å². The lowest BCUT2D eigenvalue weighted by molar-refractivity contribution is 0.296. The van der Waals surface area contributed by atoms with E-state index in [4.69, 9.17) is 21.1 Å². The van der Waals surface area contributed by atoms with Gasteiger partial charge in [0.2, 0.25) is 0 Å². The molecule has 0 aliphatic rings. The molecule has 0 bridgehead atoms. The second-order valence-corrected chi connectivity index (χ2v) is 5.38. The molecular weight excluding hydrogens is 363 g/mol. The largest absolute Gasteiger partial charge is 0.496 e. The van der Waals surface area contributed by atoms with Crippen molar-refractivity contribution in [2.75, 3.05) is 7.11 Å². The summed E-state index contributed by atoms with van der Waals surface area (Å²) in [5, 5.41) is 0.678. The first kappa shape index (κ1) is 13.5. The fraction of sp³-hybridized carbons (Fsp3) is 0.143. The van der Waals surface area contributed by atoms with Crippen LogP contribution in [0.25, 0.3) is 0 Å². The maximum Gasteiger partial charge on any atom is 0.125 e. The normalized spacial score (nSPS) is 10.2.